The first-order valence-electron chi connectivity index (χ1n) is 6.67. The molecule has 1 heterocycles. The van der Waals surface area contributed by atoms with E-state index in [1.165, 1.54) is 12.1 Å². The first-order chi connectivity index (χ1) is 10.0. The van der Waals surface area contributed by atoms with Crippen molar-refractivity contribution in [2.45, 2.75) is 19.4 Å². The molecule has 1 aliphatic carbocycles. The van der Waals surface area contributed by atoms with Crippen LogP contribution < -0.4 is 0 Å². The fourth-order valence-corrected chi connectivity index (χ4v) is 2.48. The van der Waals surface area contributed by atoms with E-state index < -0.39 is 4.92 Å². The Kier molecular flexibility index (Phi) is 3.51. The molecule has 0 radical (unpaired) electrons. The maximum absolute atomic E-state index is 11.9. The molecule has 1 aromatic carbocycles. The summed E-state index contributed by atoms with van der Waals surface area (Å²) in [6, 6.07) is 6.22. The highest BCUT2D eigenvalue weighted by molar-refractivity contribution is 6.31. The van der Waals surface area contributed by atoms with Crippen LogP contribution in [0.1, 0.15) is 28.8 Å². The van der Waals surface area contributed by atoms with Gasteiger partial charge >= 0.3 is 0 Å². The van der Waals surface area contributed by atoms with Crippen LogP contribution in [0.3, 0.4) is 0 Å². The Morgan fingerprint density at radius 2 is 2.14 bits per heavy atom. The van der Waals surface area contributed by atoms with Gasteiger partial charge < -0.3 is 4.57 Å². The SMILES string of the molecule is O=C(c1ccn(Cc2ccc([N+](=O)[O-])cc2Cl)c1)C1CC1. The van der Waals surface area contributed by atoms with Gasteiger partial charge in [0.15, 0.2) is 5.78 Å². The molecule has 1 saturated carbocycles. The number of halogens is 1. The molecule has 1 fully saturated rings. The van der Waals surface area contributed by atoms with Crippen LogP contribution in [0.4, 0.5) is 5.69 Å². The summed E-state index contributed by atoms with van der Waals surface area (Å²) in [5.74, 6) is 0.396. The zero-order valence-corrected chi connectivity index (χ0v) is 11.9. The van der Waals surface area contributed by atoms with Crippen LogP contribution in [-0.4, -0.2) is 15.3 Å². The van der Waals surface area contributed by atoms with Gasteiger partial charge in [-0.15, -0.1) is 0 Å². The predicted octanol–water partition coefficient (Wildman–Crippen LogP) is 3.69. The zero-order valence-electron chi connectivity index (χ0n) is 11.2. The summed E-state index contributed by atoms with van der Waals surface area (Å²) in [6.07, 6.45) is 5.60. The quantitative estimate of drug-likeness (QED) is 0.480. The van der Waals surface area contributed by atoms with Crippen molar-refractivity contribution in [3.8, 4) is 0 Å². The molecule has 0 saturated heterocycles. The van der Waals surface area contributed by atoms with Gasteiger partial charge in [-0.25, -0.2) is 0 Å². The van der Waals surface area contributed by atoms with Crippen LogP contribution in [0.2, 0.25) is 5.02 Å². The van der Waals surface area contributed by atoms with Crippen molar-refractivity contribution < 1.29 is 9.72 Å². The van der Waals surface area contributed by atoms with E-state index in [-0.39, 0.29) is 17.4 Å². The number of hydrogen-bond donors (Lipinski definition) is 0. The number of non-ortho nitro benzene ring substituents is 1. The number of Topliss-reactive ketones (excluding diaryl/α,β-unsaturated/α-hetero) is 1. The van der Waals surface area contributed by atoms with E-state index in [9.17, 15) is 14.9 Å². The maximum atomic E-state index is 11.9. The summed E-state index contributed by atoms with van der Waals surface area (Å²) < 4.78 is 1.86. The van der Waals surface area contributed by atoms with Crippen molar-refractivity contribution in [3.63, 3.8) is 0 Å². The van der Waals surface area contributed by atoms with Crippen molar-refractivity contribution >= 4 is 23.1 Å². The first-order valence-corrected chi connectivity index (χ1v) is 7.05. The van der Waals surface area contributed by atoms with E-state index in [0.717, 1.165) is 24.0 Å². The fourth-order valence-electron chi connectivity index (χ4n) is 2.24. The van der Waals surface area contributed by atoms with Gasteiger partial charge in [-0.1, -0.05) is 11.6 Å². The van der Waals surface area contributed by atoms with Crippen molar-refractivity contribution in [3.05, 3.63) is 62.9 Å². The number of carbonyl (C=O) groups is 1. The molecule has 1 aromatic heterocycles. The van der Waals surface area contributed by atoms with Crippen LogP contribution in [0.15, 0.2) is 36.7 Å². The minimum Gasteiger partial charge on any atom is -0.349 e. The monoisotopic (exact) mass is 304 g/mol. The molecule has 2 aromatic rings. The summed E-state index contributed by atoms with van der Waals surface area (Å²) in [4.78, 5) is 22.1. The number of rotatable bonds is 5. The molecular formula is C15H13ClN2O3. The second kappa shape index (κ2) is 5.33. The van der Waals surface area contributed by atoms with Crippen LogP contribution in [0.25, 0.3) is 0 Å². The van der Waals surface area contributed by atoms with Crippen molar-refractivity contribution in [1.29, 1.82) is 0 Å². The van der Waals surface area contributed by atoms with Crippen LogP contribution in [0.5, 0.6) is 0 Å². The maximum Gasteiger partial charge on any atom is 0.270 e. The van der Waals surface area contributed by atoms with Crippen molar-refractivity contribution in [2.75, 3.05) is 0 Å². The van der Waals surface area contributed by atoms with Gasteiger partial charge in [0, 0.05) is 42.6 Å². The number of aromatic nitrogens is 1. The lowest BCUT2D eigenvalue weighted by Gasteiger charge is -2.05. The predicted molar refractivity (Wildman–Crippen MR) is 78.7 cm³/mol. The molecule has 1 aliphatic rings. The number of hydrogen-bond acceptors (Lipinski definition) is 3. The third-order valence-corrected chi connectivity index (χ3v) is 3.94. The van der Waals surface area contributed by atoms with Crippen LogP contribution in [0, 0.1) is 16.0 Å². The molecule has 6 heteroatoms. The number of carbonyl (C=O) groups excluding carboxylic acids is 1. The summed E-state index contributed by atoms with van der Waals surface area (Å²) >= 11 is 6.07. The Labute approximate surface area is 126 Å². The van der Waals surface area contributed by atoms with Gasteiger partial charge in [-0.3, -0.25) is 14.9 Å². The largest absolute Gasteiger partial charge is 0.349 e. The van der Waals surface area contributed by atoms with E-state index in [1.54, 1.807) is 18.3 Å². The summed E-state index contributed by atoms with van der Waals surface area (Å²) in [5, 5.41) is 11.0. The number of ketones is 1. The highest BCUT2D eigenvalue weighted by Gasteiger charge is 2.30. The molecule has 0 atom stereocenters. The van der Waals surface area contributed by atoms with E-state index in [0.29, 0.717) is 11.6 Å². The van der Waals surface area contributed by atoms with Gasteiger partial charge in [-0.2, -0.15) is 0 Å². The molecular weight excluding hydrogens is 292 g/mol. The topological polar surface area (TPSA) is 65.1 Å². The third kappa shape index (κ3) is 2.97. The fraction of sp³-hybridized carbons (Fsp3) is 0.267. The summed E-state index contributed by atoms with van der Waals surface area (Å²) in [6.45, 7) is 0.481. The molecule has 0 unspecified atom stereocenters. The van der Waals surface area contributed by atoms with Gasteiger partial charge in [0.2, 0.25) is 0 Å². The lowest BCUT2D eigenvalue weighted by atomic mass is 10.1. The number of nitrogens with zero attached hydrogens (tertiary/aromatic N) is 2. The van der Waals surface area contributed by atoms with E-state index in [2.05, 4.69) is 0 Å². The second-order valence-corrected chi connectivity index (χ2v) is 5.65. The molecule has 0 spiro atoms. The third-order valence-electron chi connectivity index (χ3n) is 3.58. The molecule has 0 aliphatic heterocycles. The molecule has 5 nitrogen and oxygen atoms in total. The zero-order chi connectivity index (χ0) is 15.0. The Morgan fingerprint density at radius 1 is 1.38 bits per heavy atom. The summed E-state index contributed by atoms with van der Waals surface area (Å²) in [5.41, 5.74) is 1.47. The van der Waals surface area contributed by atoms with Crippen molar-refractivity contribution in [2.24, 2.45) is 5.92 Å². The van der Waals surface area contributed by atoms with E-state index >= 15 is 0 Å². The number of nitro benzene ring substituents is 1. The lowest BCUT2D eigenvalue weighted by Crippen LogP contribution is -2.01. The molecule has 0 amide bonds. The second-order valence-electron chi connectivity index (χ2n) is 5.24. The number of benzene rings is 1. The molecule has 21 heavy (non-hydrogen) atoms. The van der Waals surface area contributed by atoms with Gasteiger partial charge in [0.1, 0.15) is 0 Å². The molecule has 108 valence electrons. The number of nitro groups is 1. The highest BCUT2D eigenvalue weighted by Crippen LogP contribution is 2.32. The van der Waals surface area contributed by atoms with Crippen molar-refractivity contribution in [1.82, 2.24) is 4.57 Å². The first kappa shape index (κ1) is 13.8. The molecule has 3 rings (SSSR count). The van der Waals surface area contributed by atoms with Gasteiger partial charge in [0.05, 0.1) is 9.95 Å². The minimum absolute atomic E-state index is 0.0270. The average molecular weight is 305 g/mol. The Bertz CT molecular complexity index is 719. The molecule has 0 N–H and O–H groups in total. The smallest absolute Gasteiger partial charge is 0.270 e. The highest BCUT2D eigenvalue weighted by atomic mass is 35.5. The minimum atomic E-state index is -0.474. The van der Waals surface area contributed by atoms with Gasteiger partial charge in [-0.05, 0) is 30.5 Å². The Hall–Kier alpha value is -2.14. The van der Waals surface area contributed by atoms with E-state index in [1.807, 2.05) is 10.8 Å². The lowest BCUT2D eigenvalue weighted by molar-refractivity contribution is -0.384. The average Bonchev–Trinajstić information content (AvgIpc) is 3.20. The Balaban J connectivity index is 1.77. The Morgan fingerprint density at radius 3 is 2.76 bits per heavy atom. The standard InChI is InChI=1S/C15H13ClN2O3/c16-14-7-13(18(20)21)4-3-11(14)8-17-6-5-12(9-17)15(19)10-1-2-10/h3-7,9-10H,1-2,8H2. The van der Waals surface area contributed by atoms with E-state index in [4.69, 9.17) is 11.6 Å². The van der Waals surface area contributed by atoms with Crippen LogP contribution in [-0.2, 0) is 6.54 Å². The summed E-state index contributed by atoms with van der Waals surface area (Å²) in [7, 11) is 0. The van der Waals surface area contributed by atoms with Gasteiger partial charge in [0.25, 0.3) is 5.69 Å². The molecule has 0 bridgehead atoms. The van der Waals surface area contributed by atoms with Crippen LogP contribution >= 0.6 is 11.6 Å². The normalized spacial score (nSPS) is 14.1.